The average molecular weight is 957 g/mol. The molecular formula is C68H48N2S2. The van der Waals surface area contributed by atoms with Crippen molar-refractivity contribution in [1.82, 2.24) is 0 Å². The van der Waals surface area contributed by atoms with E-state index in [0.717, 1.165) is 11.4 Å². The number of fused-ring (bicyclic) bond motifs is 12. The minimum Gasteiger partial charge on any atom is -0.310 e. The number of rotatable bonds is 4. The van der Waals surface area contributed by atoms with Crippen LogP contribution in [0.3, 0.4) is 0 Å². The third-order valence-electron chi connectivity index (χ3n) is 16.2. The molecule has 0 radical (unpaired) electrons. The normalized spacial score (nSPS) is 14.6. The van der Waals surface area contributed by atoms with E-state index in [4.69, 9.17) is 0 Å². The molecule has 0 spiro atoms. The van der Waals surface area contributed by atoms with E-state index in [1.54, 1.807) is 0 Å². The fourth-order valence-electron chi connectivity index (χ4n) is 12.8. The lowest BCUT2D eigenvalue weighted by Gasteiger charge is -2.42. The summed E-state index contributed by atoms with van der Waals surface area (Å²) in [4.78, 5) is 5.02. The van der Waals surface area contributed by atoms with Gasteiger partial charge in [0.25, 0.3) is 0 Å². The smallest absolute Gasteiger partial charge is 0.0502 e. The monoisotopic (exact) mass is 956 g/mol. The zero-order valence-electron chi connectivity index (χ0n) is 40.5. The maximum Gasteiger partial charge on any atom is 0.0502 e. The lowest BCUT2D eigenvalue weighted by atomic mass is 9.73. The van der Waals surface area contributed by atoms with E-state index < -0.39 is 0 Å². The molecule has 72 heavy (non-hydrogen) atoms. The summed E-state index contributed by atoms with van der Waals surface area (Å²) in [6.45, 7) is 9.47. The van der Waals surface area contributed by atoms with Crippen molar-refractivity contribution in [2.75, 3.05) is 9.80 Å². The van der Waals surface area contributed by atoms with Crippen LogP contribution in [0, 0.1) is 0 Å². The number of benzene rings is 11. The van der Waals surface area contributed by atoms with E-state index >= 15 is 0 Å². The first kappa shape index (κ1) is 41.7. The summed E-state index contributed by atoms with van der Waals surface area (Å²) in [5, 5.41) is 10.1. The lowest BCUT2D eigenvalue weighted by Crippen LogP contribution is -2.30. The van der Waals surface area contributed by atoms with Crippen LogP contribution >= 0.6 is 22.7 Å². The standard InChI is InChI=1S/C68H48N2S2/c1-67(2)53-19-7-11-23-57(53)69(58-24-12-8-20-54(58)67)43-31-33-47-51(39-43)65(41-29-35-63-49(37-41)45-17-5-15-27-61(45)71-63)48-34-32-44(70-59-25-13-9-21-55(59)68(3,4)56-22-10-14-26-60(56)70)40-52(48)66(47)42-30-36-64-50(38-42)46-18-6-16-28-62(46)72-64/h5-40H,1-4H3. The van der Waals surface area contributed by atoms with Gasteiger partial charge in [-0.1, -0.05) is 161 Å². The van der Waals surface area contributed by atoms with Crippen molar-refractivity contribution < 1.29 is 0 Å². The Hall–Kier alpha value is -8.02. The van der Waals surface area contributed by atoms with Gasteiger partial charge in [0.05, 0.1) is 22.7 Å². The minimum atomic E-state index is -0.166. The van der Waals surface area contributed by atoms with Gasteiger partial charge in [0.15, 0.2) is 0 Å². The van der Waals surface area contributed by atoms with Gasteiger partial charge in [-0.2, -0.15) is 0 Å². The van der Waals surface area contributed by atoms with E-state index in [1.807, 2.05) is 22.7 Å². The van der Waals surface area contributed by atoms with E-state index in [0.29, 0.717) is 0 Å². The first-order valence-electron chi connectivity index (χ1n) is 25.1. The van der Waals surface area contributed by atoms with Crippen LogP contribution in [-0.4, -0.2) is 0 Å². The van der Waals surface area contributed by atoms with Crippen molar-refractivity contribution >= 4 is 119 Å². The SMILES string of the molecule is CC1(C)c2ccccc2N(c2ccc3c(-c4ccc5sc6ccccc6c5c4)c4cc(N5c6ccccc6C(C)(C)c6ccccc65)ccc4c(-c4ccc5sc6ccccc6c5c4)c3c2)c2ccccc21. The third-order valence-corrected chi connectivity index (χ3v) is 18.5. The van der Waals surface area contributed by atoms with Gasteiger partial charge < -0.3 is 9.80 Å². The Labute approximate surface area is 427 Å². The molecule has 2 nitrogen and oxygen atoms in total. The van der Waals surface area contributed by atoms with Crippen LogP contribution < -0.4 is 9.80 Å². The topological polar surface area (TPSA) is 6.48 Å². The van der Waals surface area contributed by atoms with Crippen LogP contribution in [0.5, 0.6) is 0 Å². The number of nitrogens with zero attached hydrogens (tertiary/aromatic N) is 2. The quantitative estimate of drug-likeness (QED) is 0.162. The second-order valence-corrected chi connectivity index (χ2v) is 23.0. The van der Waals surface area contributed by atoms with Crippen molar-refractivity contribution in [1.29, 1.82) is 0 Å². The van der Waals surface area contributed by atoms with Gasteiger partial charge in [-0.25, -0.2) is 0 Å². The molecule has 0 fully saturated rings. The Kier molecular flexibility index (Phi) is 8.84. The molecular weight excluding hydrogens is 909 g/mol. The molecule has 13 aromatic rings. The van der Waals surface area contributed by atoms with Crippen molar-refractivity contribution in [3.8, 4) is 22.3 Å². The number of anilines is 6. The van der Waals surface area contributed by atoms with Gasteiger partial charge in [-0.05, 0) is 151 Å². The number of thiophene rings is 2. The van der Waals surface area contributed by atoms with E-state index in [1.165, 1.54) is 129 Å². The highest BCUT2D eigenvalue weighted by atomic mass is 32.1. The van der Waals surface area contributed by atoms with Gasteiger partial charge >= 0.3 is 0 Å². The fraction of sp³-hybridized carbons (Fsp3) is 0.0882. The fourth-order valence-corrected chi connectivity index (χ4v) is 14.9. The second kappa shape index (κ2) is 15.2. The first-order chi connectivity index (χ1) is 35.2. The van der Waals surface area contributed by atoms with E-state index in [2.05, 4.69) is 256 Å². The summed E-state index contributed by atoms with van der Waals surface area (Å²) in [5.74, 6) is 0. The molecule has 2 aromatic heterocycles. The highest BCUT2D eigenvalue weighted by molar-refractivity contribution is 7.26. The highest BCUT2D eigenvalue weighted by Gasteiger charge is 2.38. The molecule has 11 aromatic carbocycles. The van der Waals surface area contributed by atoms with Gasteiger partial charge in [0, 0.05) is 62.5 Å². The lowest BCUT2D eigenvalue weighted by molar-refractivity contribution is 0.632. The van der Waals surface area contributed by atoms with Crippen molar-refractivity contribution in [2.45, 2.75) is 38.5 Å². The van der Waals surface area contributed by atoms with Crippen LogP contribution in [0.25, 0.3) is 84.1 Å². The molecule has 4 heteroatoms. The molecule has 15 rings (SSSR count). The predicted molar refractivity (Wildman–Crippen MR) is 312 cm³/mol. The number of hydrogen-bond acceptors (Lipinski definition) is 4. The van der Waals surface area contributed by atoms with Crippen molar-refractivity contribution in [2.24, 2.45) is 0 Å². The van der Waals surface area contributed by atoms with Gasteiger partial charge in [0.1, 0.15) is 0 Å². The summed E-state index contributed by atoms with van der Waals surface area (Å²) < 4.78 is 5.24. The Morgan fingerprint density at radius 3 is 1.00 bits per heavy atom. The molecule has 0 atom stereocenters. The Morgan fingerprint density at radius 1 is 0.278 bits per heavy atom. The highest BCUT2D eigenvalue weighted by Crippen LogP contribution is 2.56. The van der Waals surface area contributed by atoms with Crippen LogP contribution in [0.4, 0.5) is 34.1 Å². The van der Waals surface area contributed by atoms with E-state index in [9.17, 15) is 0 Å². The molecule has 0 N–H and O–H groups in total. The van der Waals surface area contributed by atoms with E-state index in [-0.39, 0.29) is 10.8 Å². The maximum absolute atomic E-state index is 2.51. The van der Waals surface area contributed by atoms with Crippen LogP contribution in [0.2, 0.25) is 0 Å². The van der Waals surface area contributed by atoms with Crippen molar-refractivity contribution in [3.05, 3.63) is 241 Å². The molecule has 0 saturated heterocycles. The zero-order valence-corrected chi connectivity index (χ0v) is 42.1. The molecule has 342 valence electrons. The van der Waals surface area contributed by atoms with Crippen LogP contribution in [-0.2, 0) is 10.8 Å². The minimum absolute atomic E-state index is 0.166. The Bertz CT molecular complexity index is 4050. The molecule has 0 bridgehead atoms. The Morgan fingerprint density at radius 2 is 0.611 bits per heavy atom. The molecule has 2 aliphatic heterocycles. The predicted octanol–water partition coefficient (Wildman–Crippen LogP) is 20.3. The Balaban J connectivity index is 1.08. The molecule has 0 aliphatic carbocycles. The third kappa shape index (κ3) is 5.88. The van der Waals surface area contributed by atoms with Gasteiger partial charge in [-0.15, -0.1) is 22.7 Å². The summed E-state index contributed by atoms with van der Waals surface area (Å²) >= 11 is 3.76. The first-order valence-corrected chi connectivity index (χ1v) is 26.7. The molecule has 0 amide bonds. The number of para-hydroxylation sites is 4. The molecule has 4 heterocycles. The van der Waals surface area contributed by atoms with Crippen molar-refractivity contribution in [3.63, 3.8) is 0 Å². The summed E-state index contributed by atoms with van der Waals surface area (Å²) in [5.41, 5.74) is 17.1. The van der Waals surface area contributed by atoms with Crippen LogP contribution in [0.15, 0.2) is 218 Å². The molecule has 0 saturated carbocycles. The number of hydrogen-bond donors (Lipinski definition) is 0. The second-order valence-electron chi connectivity index (χ2n) is 20.8. The summed E-state index contributed by atoms with van der Waals surface area (Å²) in [6.07, 6.45) is 0. The van der Waals surface area contributed by atoms with Gasteiger partial charge in [-0.3, -0.25) is 0 Å². The zero-order chi connectivity index (χ0) is 48.0. The average Bonchev–Trinajstić information content (AvgIpc) is 3.98. The summed E-state index contributed by atoms with van der Waals surface area (Å²) in [6, 6.07) is 82.8. The van der Waals surface area contributed by atoms with Crippen LogP contribution in [0.1, 0.15) is 49.9 Å². The molecule has 2 aliphatic rings. The van der Waals surface area contributed by atoms with Gasteiger partial charge in [0.2, 0.25) is 0 Å². The molecule has 0 unspecified atom stereocenters. The largest absolute Gasteiger partial charge is 0.310 e. The summed E-state index contributed by atoms with van der Waals surface area (Å²) in [7, 11) is 0. The maximum atomic E-state index is 2.51.